The third kappa shape index (κ3) is 4.28. The number of benzene rings is 2. The van der Waals surface area contributed by atoms with Crippen LogP contribution in [0.4, 0.5) is 14.9 Å². The second kappa shape index (κ2) is 7.80. The smallest absolute Gasteiger partial charge is 0.322 e. The number of aromatic nitrogens is 1. The average molecular weight is 388 g/mol. The van der Waals surface area contributed by atoms with Gasteiger partial charge < -0.3 is 15.2 Å². The Balaban J connectivity index is 1.89. The van der Waals surface area contributed by atoms with Crippen molar-refractivity contribution in [3.8, 4) is 0 Å². The summed E-state index contributed by atoms with van der Waals surface area (Å²) in [6.45, 7) is 4.02. The molecule has 0 aliphatic heterocycles. The highest BCUT2D eigenvalue weighted by atomic mass is 35.5. The first-order valence-corrected chi connectivity index (χ1v) is 8.86. The second-order valence-electron chi connectivity index (χ2n) is 6.49. The van der Waals surface area contributed by atoms with E-state index in [1.165, 1.54) is 24.3 Å². The first-order valence-electron chi connectivity index (χ1n) is 8.49. The topological polar surface area (TPSA) is 65.2 Å². The van der Waals surface area contributed by atoms with E-state index in [9.17, 15) is 14.0 Å². The summed E-state index contributed by atoms with van der Waals surface area (Å²) in [6, 6.07) is 12.4. The number of hydrogen-bond donors (Lipinski definition) is 2. The van der Waals surface area contributed by atoms with Crippen molar-refractivity contribution in [2.24, 2.45) is 0 Å². The Morgan fingerprint density at radius 3 is 2.67 bits per heavy atom. The molecule has 0 unspecified atom stereocenters. The lowest BCUT2D eigenvalue weighted by Gasteiger charge is -2.27. The minimum Gasteiger partial charge on any atom is -0.322 e. The number of carbonyl (C=O) groups excluding carboxylic acids is 1. The molecule has 0 aliphatic rings. The van der Waals surface area contributed by atoms with Crippen molar-refractivity contribution in [2.75, 3.05) is 5.32 Å². The van der Waals surface area contributed by atoms with Gasteiger partial charge in [-0.3, -0.25) is 4.79 Å². The van der Waals surface area contributed by atoms with Crippen molar-refractivity contribution in [1.29, 1.82) is 0 Å². The van der Waals surface area contributed by atoms with E-state index in [-0.39, 0.29) is 29.2 Å². The Labute approximate surface area is 160 Å². The van der Waals surface area contributed by atoms with Crippen LogP contribution in [0.2, 0.25) is 5.02 Å². The maximum atomic E-state index is 13.3. The van der Waals surface area contributed by atoms with Crippen LogP contribution in [0.5, 0.6) is 0 Å². The molecule has 0 saturated carbocycles. The maximum Gasteiger partial charge on any atom is 0.322 e. The summed E-state index contributed by atoms with van der Waals surface area (Å²) in [4.78, 5) is 29.1. The van der Waals surface area contributed by atoms with Gasteiger partial charge in [0.05, 0.1) is 5.02 Å². The van der Waals surface area contributed by atoms with Crippen LogP contribution in [0.15, 0.2) is 53.3 Å². The van der Waals surface area contributed by atoms with E-state index in [0.717, 1.165) is 16.5 Å². The fourth-order valence-electron chi connectivity index (χ4n) is 2.85. The molecule has 0 atom stereocenters. The Morgan fingerprint density at radius 1 is 1.22 bits per heavy atom. The molecule has 0 saturated heterocycles. The fraction of sp³-hybridized carbons (Fsp3) is 0.200. The first kappa shape index (κ1) is 18.9. The number of fused-ring (bicyclic) bond motifs is 1. The minimum absolute atomic E-state index is 0.0653. The summed E-state index contributed by atoms with van der Waals surface area (Å²) in [6.07, 6.45) is 0. The molecule has 1 heterocycles. The molecule has 0 radical (unpaired) electrons. The third-order valence-electron chi connectivity index (χ3n) is 4.23. The Hall–Kier alpha value is -2.86. The van der Waals surface area contributed by atoms with Gasteiger partial charge in [-0.15, -0.1) is 0 Å². The van der Waals surface area contributed by atoms with Gasteiger partial charge in [0.25, 0.3) is 0 Å². The van der Waals surface area contributed by atoms with E-state index < -0.39 is 5.82 Å². The fourth-order valence-corrected chi connectivity index (χ4v) is 3.03. The van der Waals surface area contributed by atoms with Crippen LogP contribution >= 0.6 is 11.6 Å². The number of nitrogens with zero attached hydrogens (tertiary/aromatic N) is 1. The van der Waals surface area contributed by atoms with Gasteiger partial charge in [-0.05, 0) is 43.7 Å². The van der Waals surface area contributed by atoms with Crippen molar-refractivity contribution >= 4 is 34.2 Å². The Kier molecular flexibility index (Phi) is 5.46. The number of nitrogens with one attached hydrogen (secondary N) is 2. The van der Waals surface area contributed by atoms with Gasteiger partial charge in [0, 0.05) is 35.2 Å². The lowest BCUT2D eigenvalue weighted by atomic mass is 10.1. The Bertz CT molecular complexity index is 1050. The summed E-state index contributed by atoms with van der Waals surface area (Å²) < 4.78 is 13.3. The highest BCUT2D eigenvalue weighted by Gasteiger charge is 2.19. The van der Waals surface area contributed by atoms with Gasteiger partial charge >= 0.3 is 6.03 Å². The van der Waals surface area contributed by atoms with E-state index >= 15 is 0 Å². The molecule has 1 aromatic heterocycles. The molecule has 0 aliphatic carbocycles. The summed E-state index contributed by atoms with van der Waals surface area (Å²) in [7, 11) is 0. The maximum absolute atomic E-state index is 13.3. The third-order valence-corrected chi connectivity index (χ3v) is 4.52. The normalized spacial score (nSPS) is 11.0. The number of pyridine rings is 1. The van der Waals surface area contributed by atoms with Gasteiger partial charge in [0.2, 0.25) is 5.56 Å². The van der Waals surface area contributed by atoms with E-state index in [2.05, 4.69) is 10.3 Å². The summed E-state index contributed by atoms with van der Waals surface area (Å²) in [5.41, 5.74) is 1.63. The van der Waals surface area contributed by atoms with Gasteiger partial charge in [0.1, 0.15) is 5.82 Å². The average Bonchev–Trinajstić information content (AvgIpc) is 2.62. The molecule has 0 fully saturated rings. The summed E-state index contributed by atoms with van der Waals surface area (Å²) >= 11 is 5.77. The van der Waals surface area contributed by atoms with E-state index in [0.29, 0.717) is 5.69 Å². The zero-order valence-corrected chi connectivity index (χ0v) is 15.7. The number of rotatable bonds is 4. The van der Waals surface area contributed by atoms with Crippen molar-refractivity contribution < 1.29 is 9.18 Å². The second-order valence-corrected chi connectivity index (χ2v) is 6.89. The number of amides is 2. The van der Waals surface area contributed by atoms with Gasteiger partial charge in [-0.1, -0.05) is 29.8 Å². The van der Waals surface area contributed by atoms with Crippen LogP contribution in [-0.4, -0.2) is 22.0 Å². The number of para-hydroxylation sites is 1. The van der Waals surface area contributed by atoms with Gasteiger partial charge in [0.15, 0.2) is 0 Å². The number of urea groups is 1. The van der Waals surface area contributed by atoms with Gasteiger partial charge in [-0.2, -0.15) is 0 Å². The molecule has 2 amide bonds. The summed E-state index contributed by atoms with van der Waals surface area (Å²) in [5, 5.41) is 3.53. The zero-order valence-electron chi connectivity index (χ0n) is 14.9. The molecule has 0 bridgehead atoms. The monoisotopic (exact) mass is 387 g/mol. The van der Waals surface area contributed by atoms with Crippen LogP contribution in [0.3, 0.4) is 0 Å². The van der Waals surface area contributed by atoms with Crippen molar-refractivity contribution in [1.82, 2.24) is 9.88 Å². The molecule has 2 aromatic carbocycles. The minimum atomic E-state index is -0.551. The highest BCUT2D eigenvalue weighted by Crippen LogP contribution is 2.21. The molecular formula is C20H19ClFN3O2. The summed E-state index contributed by atoms with van der Waals surface area (Å²) in [5.74, 6) is -0.551. The van der Waals surface area contributed by atoms with Crippen molar-refractivity contribution in [2.45, 2.75) is 26.4 Å². The van der Waals surface area contributed by atoms with Crippen LogP contribution in [0, 0.1) is 5.82 Å². The molecule has 3 rings (SSSR count). The van der Waals surface area contributed by atoms with Crippen molar-refractivity contribution in [3.63, 3.8) is 0 Å². The number of halogens is 2. The Morgan fingerprint density at radius 2 is 1.96 bits per heavy atom. The van der Waals surface area contributed by atoms with Crippen molar-refractivity contribution in [3.05, 3.63) is 75.3 Å². The first-order chi connectivity index (χ1) is 12.8. The van der Waals surface area contributed by atoms with E-state index in [4.69, 9.17) is 11.6 Å². The molecule has 0 spiro atoms. The number of aromatic amines is 1. The largest absolute Gasteiger partial charge is 0.322 e. The quantitative estimate of drug-likeness (QED) is 0.677. The zero-order chi connectivity index (χ0) is 19.6. The molecule has 27 heavy (non-hydrogen) atoms. The highest BCUT2D eigenvalue weighted by molar-refractivity contribution is 6.31. The molecule has 3 aromatic rings. The van der Waals surface area contributed by atoms with Crippen LogP contribution in [-0.2, 0) is 6.54 Å². The number of anilines is 1. The lowest BCUT2D eigenvalue weighted by Crippen LogP contribution is -2.39. The lowest BCUT2D eigenvalue weighted by molar-refractivity contribution is 0.194. The van der Waals surface area contributed by atoms with Crippen LogP contribution in [0.25, 0.3) is 10.9 Å². The van der Waals surface area contributed by atoms with E-state index in [1.54, 1.807) is 4.90 Å². The number of H-pyrrole nitrogens is 1. The molecule has 2 N–H and O–H groups in total. The number of carbonyl (C=O) groups is 1. The van der Waals surface area contributed by atoms with Crippen LogP contribution in [0.1, 0.15) is 19.4 Å². The SMILES string of the molecule is CC(C)N(Cc1cc(=O)[nH]c2ccccc12)C(=O)Nc1ccc(F)c(Cl)c1. The standard InChI is InChI=1S/C20H19ClFN3O2/c1-12(2)25(20(27)23-14-7-8-17(22)16(21)10-14)11-13-9-19(26)24-18-6-4-3-5-15(13)18/h3-10,12H,11H2,1-2H3,(H,23,27)(H,24,26). The number of hydrogen-bond acceptors (Lipinski definition) is 2. The molecule has 140 valence electrons. The van der Waals surface area contributed by atoms with Gasteiger partial charge in [-0.25, -0.2) is 9.18 Å². The molecular weight excluding hydrogens is 369 g/mol. The van der Waals surface area contributed by atoms with Crippen LogP contribution < -0.4 is 10.9 Å². The predicted molar refractivity (Wildman–Crippen MR) is 106 cm³/mol. The predicted octanol–water partition coefficient (Wildman–Crippen LogP) is 4.76. The van der Waals surface area contributed by atoms with E-state index in [1.807, 2.05) is 38.1 Å². The molecule has 7 heteroatoms. The molecule has 5 nitrogen and oxygen atoms in total.